The highest BCUT2D eigenvalue weighted by atomic mass is 16.5. The van der Waals surface area contributed by atoms with Crippen molar-refractivity contribution in [3.8, 4) is 0 Å². The maximum absolute atomic E-state index is 5.89. The van der Waals surface area contributed by atoms with Gasteiger partial charge < -0.3 is 15.4 Å². The van der Waals surface area contributed by atoms with Crippen molar-refractivity contribution in [2.45, 2.75) is 64.8 Å². The minimum Gasteiger partial charge on any atom is -0.377 e. The lowest BCUT2D eigenvalue weighted by molar-refractivity contribution is -0.106. The van der Waals surface area contributed by atoms with Gasteiger partial charge in [-0.15, -0.1) is 0 Å². The van der Waals surface area contributed by atoms with E-state index in [1.165, 1.54) is 0 Å². The molecule has 4 atom stereocenters. The van der Waals surface area contributed by atoms with E-state index in [0.29, 0.717) is 24.1 Å². The molecule has 1 saturated heterocycles. The highest BCUT2D eigenvalue weighted by Gasteiger charge is 2.59. The molecule has 4 rings (SSSR count). The van der Waals surface area contributed by atoms with Gasteiger partial charge in [0.2, 0.25) is 0 Å². The number of guanidine groups is 1. The van der Waals surface area contributed by atoms with Gasteiger partial charge in [-0.3, -0.25) is 4.99 Å². The van der Waals surface area contributed by atoms with Crippen LogP contribution in [0, 0.1) is 18.3 Å². The summed E-state index contributed by atoms with van der Waals surface area (Å²) in [5, 5.41) is 11.7. The van der Waals surface area contributed by atoms with Gasteiger partial charge >= 0.3 is 0 Å². The lowest BCUT2D eigenvalue weighted by atomic mass is 9.57. The Morgan fingerprint density at radius 3 is 2.96 bits per heavy atom. The standard InChI is InChI=1S/C17H28N6O/c1-10-19-13-6-5-11(9-23(13)22-10)20-16(18-4)21-14-12-7-8-24-15(12)17(14,2)3/h11-12,14-15H,5-9H2,1-4H3,(H2,18,20,21). The molecule has 24 heavy (non-hydrogen) atoms. The summed E-state index contributed by atoms with van der Waals surface area (Å²) in [5.41, 5.74) is 0.154. The van der Waals surface area contributed by atoms with Gasteiger partial charge in [0.25, 0.3) is 0 Å². The lowest BCUT2D eigenvalue weighted by Crippen LogP contribution is -2.68. The van der Waals surface area contributed by atoms with Crippen LogP contribution in [0.25, 0.3) is 0 Å². The lowest BCUT2D eigenvalue weighted by Gasteiger charge is -2.55. The molecule has 1 aliphatic carbocycles. The van der Waals surface area contributed by atoms with E-state index in [0.717, 1.165) is 50.0 Å². The summed E-state index contributed by atoms with van der Waals surface area (Å²) >= 11 is 0. The first-order chi connectivity index (χ1) is 11.5. The van der Waals surface area contributed by atoms with Crippen LogP contribution in [-0.4, -0.2) is 52.6 Å². The molecule has 3 heterocycles. The van der Waals surface area contributed by atoms with Gasteiger partial charge in [-0.25, -0.2) is 9.67 Å². The molecule has 4 unspecified atom stereocenters. The predicted molar refractivity (Wildman–Crippen MR) is 91.9 cm³/mol. The predicted octanol–water partition coefficient (Wildman–Crippen LogP) is 0.880. The first-order valence-corrected chi connectivity index (χ1v) is 9.01. The van der Waals surface area contributed by atoms with Crippen LogP contribution in [0.2, 0.25) is 0 Å². The second kappa shape index (κ2) is 5.72. The minimum absolute atomic E-state index is 0.154. The largest absolute Gasteiger partial charge is 0.377 e. The number of aryl methyl sites for hydroxylation is 2. The molecule has 2 aliphatic heterocycles. The van der Waals surface area contributed by atoms with Crippen molar-refractivity contribution >= 4 is 5.96 Å². The molecule has 2 fully saturated rings. The van der Waals surface area contributed by atoms with Crippen molar-refractivity contribution in [3.63, 3.8) is 0 Å². The van der Waals surface area contributed by atoms with E-state index in [-0.39, 0.29) is 5.41 Å². The number of nitrogens with one attached hydrogen (secondary N) is 2. The molecule has 7 heteroatoms. The van der Waals surface area contributed by atoms with Gasteiger partial charge in [0.05, 0.1) is 12.6 Å². The zero-order valence-electron chi connectivity index (χ0n) is 15.0. The third kappa shape index (κ3) is 2.49. The minimum atomic E-state index is 0.154. The van der Waals surface area contributed by atoms with Crippen LogP contribution in [0.5, 0.6) is 0 Å². The van der Waals surface area contributed by atoms with Crippen LogP contribution in [0.3, 0.4) is 0 Å². The van der Waals surface area contributed by atoms with Crippen molar-refractivity contribution in [2.24, 2.45) is 16.3 Å². The van der Waals surface area contributed by atoms with E-state index < -0.39 is 0 Å². The third-order valence-electron chi connectivity index (χ3n) is 5.92. The maximum atomic E-state index is 5.89. The Morgan fingerprint density at radius 1 is 1.33 bits per heavy atom. The van der Waals surface area contributed by atoms with Crippen LogP contribution in [0.15, 0.2) is 4.99 Å². The molecule has 0 bridgehead atoms. The number of aromatic nitrogens is 3. The SMILES string of the molecule is CN=C(NC1CCc2nc(C)nn2C1)NC1C2CCOC2C1(C)C. The molecular formula is C17H28N6O. The third-order valence-corrected chi connectivity index (χ3v) is 5.92. The van der Waals surface area contributed by atoms with Crippen molar-refractivity contribution in [2.75, 3.05) is 13.7 Å². The maximum Gasteiger partial charge on any atom is 0.191 e. The fourth-order valence-corrected chi connectivity index (χ4v) is 4.68. The fraction of sp³-hybridized carbons (Fsp3) is 0.824. The summed E-state index contributed by atoms with van der Waals surface area (Å²) in [6.07, 6.45) is 3.56. The number of hydrogen-bond acceptors (Lipinski definition) is 4. The van der Waals surface area contributed by atoms with Crippen LogP contribution >= 0.6 is 0 Å². The summed E-state index contributed by atoms with van der Waals surface area (Å²) < 4.78 is 7.91. The quantitative estimate of drug-likeness (QED) is 0.621. The van der Waals surface area contributed by atoms with Crippen molar-refractivity contribution in [3.05, 3.63) is 11.6 Å². The first-order valence-electron chi connectivity index (χ1n) is 9.01. The molecule has 0 radical (unpaired) electrons. The molecule has 0 aromatic carbocycles. The average Bonchev–Trinajstić information content (AvgIpc) is 3.14. The normalized spacial score (nSPS) is 34.2. The van der Waals surface area contributed by atoms with E-state index in [2.05, 4.69) is 39.6 Å². The first kappa shape index (κ1) is 15.9. The van der Waals surface area contributed by atoms with E-state index in [1.807, 2.05) is 18.7 Å². The van der Waals surface area contributed by atoms with Crippen LogP contribution in [-0.2, 0) is 17.7 Å². The molecule has 1 aromatic rings. The van der Waals surface area contributed by atoms with Gasteiger partial charge in [-0.05, 0) is 19.8 Å². The Labute approximate surface area is 143 Å². The van der Waals surface area contributed by atoms with E-state index in [9.17, 15) is 0 Å². The highest BCUT2D eigenvalue weighted by molar-refractivity contribution is 5.80. The van der Waals surface area contributed by atoms with Gasteiger partial charge in [0, 0.05) is 43.5 Å². The topological polar surface area (TPSA) is 76.4 Å². The molecule has 0 amide bonds. The van der Waals surface area contributed by atoms with Gasteiger partial charge in [0.1, 0.15) is 11.6 Å². The van der Waals surface area contributed by atoms with Gasteiger partial charge in [0.15, 0.2) is 5.96 Å². The Balaban J connectivity index is 1.39. The summed E-state index contributed by atoms with van der Waals surface area (Å²) in [6.45, 7) is 8.26. The Kier molecular flexibility index (Phi) is 3.78. The fourth-order valence-electron chi connectivity index (χ4n) is 4.68. The Morgan fingerprint density at radius 2 is 2.17 bits per heavy atom. The van der Waals surface area contributed by atoms with Crippen LogP contribution < -0.4 is 10.6 Å². The molecule has 132 valence electrons. The Hall–Kier alpha value is -1.63. The molecule has 2 N–H and O–H groups in total. The molecule has 3 aliphatic rings. The number of nitrogens with zero attached hydrogens (tertiary/aromatic N) is 4. The second-order valence-corrected chi connectivity index (χ2v) is 7.90. The van der Waals surface area contributed by atoms with E-state index in [1.54, 1.807) is 0 Å². The zero-order chi connectivity index (χ0) is 16.9. The van der Waals surface area contributed by atoms with Crippen molar-refractivity contribution < 1.29 is 4.74 Å². The summed E-state index contributed by atoms with van der Waals surface area (Å²) in [4.78, 5) is 8.93. The van der Waals surface area contributed by atoms with Gasteiger partial charge in [-0.2, -0.15) is 5.10 Å². The summed E-state index contributed by atoms with van der Waals surface area (Å²) in [5.74, 6) is 3.45. The number of hydrogen-bond donors (Lipinski definition) is 2. The number of ether oxygens (including phenoxy) is 1. The highest BCUT2D eigenvalue weighted by Crippen LogP contribution is 2.52. The molecule has 1 saturated carbocycles. The van der Waals surface area contributed by atoms with Crippen molar-refractivity contribution in [1.82, 2.24) is 25.4 Å². The molecular weight excluding hydrogens is 304 g/mol. The molecule has 0 spiro atoms. The smallest absolute Gasteiger partial charge is 0.191 e. The van der Waals surface area contributed by atoms with Crippen LogP contribution in [0.1, 0.15) is 38.3 Å². The molecule has 7 nitrogen and oxygen atoms in total. The van der Waals surface area contributed by atoms with Gasteiger partial charge in [-0.1, -0.05) is 13.8 Å². The number of fused-ring (bicyclic) bond motifs is 2. The van der Waals surface area contributed by atoms with Crippen LogP contribution in [0.4, 0.5) is 0 Å². The zero-order valence-corrected chi connectivity index (χ0v) is 15.0. The van der Waals surface area contributed by atoms with E-state index in [4.69, 9.17) is 4.74 Å². The van der Waals surface area contributed by atoms with E-state index >= 15 is 0 Å². The Bertz CT molecular complexity index is 652. The average molecular weight is 332 g/mol. The summed E-state index contributed by atoms with van der Waals surface area (Å²) in [6, 6.07) is 0.757. The number of aliphatic imine (C=N–C) groups is 1. The summed E-state index contributed by atoms with van der Waals surface area (Å²) in [7, 11) is 1.84. The van der Waals surface area contributed by atoms with Crippen molar-refractivity contribution in [1.29, 1.82) is 0 Å². The number of rotatable bonds is 2. The molecule has 1 aromatic heterocycles. The monoisotopic (exact) mass is 332 g/mol. The second-order valence-electron chi connectivity index (χ2n) is 7.90.